The van der Waals surface area contributed by atoms with Crippen molar-refractivity contribution in [1.29, 1.82) is 0 Å². The minimum absolute atomic E-state index is 0. The van der Waals surface area contributed by atoms with Crippen molar-refractivity contribution in [3.05, 3.63) is 40.4 Å². The molecule has 0 aromatic heterocycles. The maximum Gasteiger partial charge on any atom is 0.352 e. The number of hydrogen-bond donors (Lipinski definition) is 0. The van der Waals surface area contributed by atoms with Crippen molar-refractivity contribution in [2.24, 2.45) is 0 Å². The SMILES string of the molecule is C=C(C)C(=O)OC(=O)COc1ccc(Cl)cc1Cl.[MgH2]. The maximum absolute atomic E-state index is 11.2. The van der Waals surface area contributed by atoms with Crippen molar-refractivity contribution in [3.63, 3.8) is 0 Å². The number of benzene rings is 1. The molecule has 0 aliphatic heterocycles. The first-order chi connectivity index (χ1) is 8.40. The first kappa shape index (κ1) is 18.2. The minimum Gasteiger partial charge on any atom is -0.480 e. The molecule has 0 unspecified atom stereocenters. The molecule has 0 bridgehead atoms. The van der Waals surface area contributed by atoms with E-state index < -0.39 is 18.5 Å². The van der Waals surface area contributed by atoms with E-state index in [0.717, 1.165) is 0 Å². The summed E-state index contributed by atoms with van der Waals surface area (Å²) in [4.78, 5) is 22.3. The van der Waals surface area contributed by atoms with Gasteiger partial charge in [-0.15, -0.1) is 0 Å². The zero-order chi connectivity index (χ0) is 13.7. The van der Waals surface area contributed by atoms with Gasteiger partial charge in [0.1, 0.15) is 5.75 Å². The van der Waals surface area contributed by atoms with Gasteiger partial charge < -0.3 is 9.47 Å². The third kappa shape index (κ3) is 6.29. The van der Waals surface area contributed by atoms with E-state index in [-0.39, 0.29) is 39.4 Å². The van der Waals surface area contributed by atoms with Gasteiger partial charge in [-0.25, -0.2) is 9.59 Å². The average Bonchev–Trinajstić information content (AvgIpc) is 2.27. The van der Waals surface area contributed by atoms with E-state index in [4.69, 9.17) is 27.9 Å². The maximum atomic E-state index is 11.2. The summed E-state index contributed by atoms with van der Waals surface area (Å²) in [5.41, 5.74) is 0.132. The number of halogens is 2. The number of esters is 2. The van der Waals surface area contributed by atoms with Crippen LogP contribution in [0.2, 0.25) is 10.0 Å². The Kier molecular flexibility index (Phi) is 8.09. The molecule has 0 aliphatic rings. The van der Waals surface area contributed by atoms with Crippen molar-refractivity contribution < 1.29 is 19.1 Å². The second-order valence-corrected chi connectivity index (χ2v) is 4.25. The van der Waals surface area contributed by atoms with Crippen LogP contribution in [-0.4, -0.2) is 41.6 Å². The molecule has 0 N–H and O–H groups in total. The van der Waals surface area contributed by atoms with Gasteiger partial charge in [0.2, 0.25) is 0 Å². The molecule has 1 aromatic rings. The topological polar surface area (TPSA) is 52.6 Å². The number of carbonyl (C=O) groups excluding carboxylic acids is 2. The van der Waals surface area contributed by atoms with E-state index in [2.05, 4.69) is 11.3 Å². The Labute approximate surface area is 136 Å². The fourth-order valence-corrected chi connectivity index (χ4v) is 1.41. The molecule has 0 amide bonds. The van der Waals surface area contributed by atoms with E-state index in [0.29, 0.717) is 5.02 Å². The standard InChI is InChI=1S/C12H10Cl2O4.Mg.2H/c1-7(2)12(16)18-11(15)6-17-10-4-3-8(13)5-9(10)14;;;/h3-5H,1,6H2,2H3;;;. The molecule has 0 heterocycles. The summed E-state index contributed by atoms with van der Waals surface area (Å²) in [5.74, 6) is -1.33. The van der Waals surface area contributed by atoms with Gasteiger partial charge in [0, 0.05) is 10.6 Å². The van der Waals surface area contributed by atoms with E-state index in [1.165, 1.54) is 19.1 Å². The lowest BCUT2D eigenvalue weighted by atomic mass is 10.3. The number of hydrogen-bond acceptors (Lipinski definition) is 4. The third-order valence-corrected chi connectivity index (χ3v) is 2.32. The van der Waals surface area contributed by atoms with Crippen LogP contribution in [0.1, 0.15) is 6.92 Å². The molecule has 0 fully saturated rings. The molecule has 1 rings (SSSR count). The summed E-state index contributed by atoms with van der Waals surface area (Å²) in [5, 5.41) is 0.717. The van der Waals surface area contributed by atoms with Gasteiger partial charge in [0.15, 0.2) is 6.61 Å². The zero-order valence-corrected chi connectivity index (χ0v) is 11.0. The molecule has 0 radical (unpaired) electrons. The summed E-state index contributed by atoms with van der Waals surface area (Å²) < 4.78 is 9.51. The zero-order valence-electron chi connectivity index (χ0n) is 9.54. The van der Waals surface area contributed by atoms with Gasteiger partial charge in [-0.05, 0) is 25.1 Å². The Morgan fingerprint density at radius 1 is 1.32 bits per heavy atom. The first-order valence-corrected chi connectivity index (χ1v) is 5.64. The summed E-state index contributed by atoms with van der Waals surface area (Å²) in [6.07, 6.45) is 0. The van der Waals surface area contributed by atoms with Gasteiger partial charge in [0.05, 0.1) is 5.02 Å². The van der Waals surface area contributed by atoms with Gasteiger partial charge in [0.25, 0.3) is 0 Å². The van der Waals surface area contributed by atoms with Crippen LogP contribution in [0.15, 0.2) is 30.4 Å². The van der Waals surface area contributed by atoms with Crippen molar-refractivity contribution in [2.75, 3.05) is 6.61 Å². The molecule has 4 nitrogen and oxygen atoms in total. The van der Waals surface area contributed by atoms with E-state index in [9.17, 15) is 9.59 Å². The van der Waals surface area contributed by atoms with Gasteiger partial charge in [-0.1, -0.05) is 29.8 Å². The highest BCUT2D eigenvalue weighted by Gasteiger charge is 2.12. The summed E-state index contributed by atoms with van der Waals surface area (Å²) in [6.45, 7) is 4.35. The second kappa shape index (κ2) is 8.42. The predicted octanol–water partition coefficient (Wildman–Crippen LogP) is 2.10. The summed E-state index contributed by atoms with van der Waals surface area (Å²) in [6, 6.07) is 4.55. The molecule has 0 saturated carbocycles. The number of rotatable bonds is 4. The van der Waals surface area contributed by atoms with Crippen molar-refractivity contribution in [1.82, 2.24) is 0 Å². The van der Waals surface area contributed by atoms with Crippen LogP contribution in [-0.2, 0) is 14.3 Å². The average molecular weight is 315 g/mol. The molecular weight excluding hydrogens is 303 g/mol. The second-order valence-electron chi connectivity index (χ2n) is 3.41. The Morgan fingerprint density at radius 3 is 2.47 bits per heavy atom. The van der Waals surface area contributed by atoms with Crippen LogP contribution in [0.3, 0.4) is 0 Å². The Balaban J connectivity index is 0.00000324. The lowest BCUT2D eigenvalue weighted by Crippen LogP contribution is -2.19. The van der Waals surface area contributed by atoms with Crippen LogP contribution < -0.4 is 4.74 Å². The Morgan fingerprint density at radius 2 is 1.95 bits per heavy atom. The molecule has 0 spiro atoms. The van der Waals surface area contributed by atoms with Gasteiger partial charge >= 0.3 is 35.0 Å². The van der Waals surface area contributed by atoms with Crippen molar-refractivity contribution >= 4 is 58.2 Å². The quantitative estimate of drug-likeness (QED) is 0.369. The Bertz CT molecular complexity index is 503. The highest BCUT2D eigenvalue weighted by atomic mass is 35.5. The largest absolute Gasteiger partial charge is 0.480 e. The molecule has 0 aliphatic carbocycles. The monoisotopic (exact) mass is 314 g/mol. The summed E-state index contributed by atoms with van der Waals surface area (Å²) >= 11 is 11.5. The fourth-order valence-electron chi connectivity index (χ4n) is 0.949. The summed E-state index contributed by atoms with van der Waals surface area (Å²) in [7, 11) is 0. The van der Waals surface area contributed by atoms with Crippen molar-refractivity contribution in [3.8, 4) is 5.75 Å². The van der Waals surface area contributed by atoms with Crippen LogP contribution in [0.4, 0.5) is 0 Å². The van der Waals surface area contributed by atoms with E-state index >= 15 is 0 Å². The Hall–Kier alpha value is -0.754. The number of carbonyl (C=O) groups is 2. The molecule has 0 saturated heterocycles. The van der Waals surface area contributed by atoms with E-state index in [1.807, 2.05) is 0 Å². The normalized spacial score (nSPS) is 9.21. The van der Waals surface area contributed by atoms with Crippen LogP contribution in [0, 0.1) is 0 Å². The highest BCUT2D eigenvalue weighted by molar-refractivity contribution is 6.35. The molecule has 0 atom stereocenters. The molecular formula is C12H12Cl2MgO4. The number of ether oxygens (including phenoxy) is 2. The lowest BCUT2D eigenvalue weighted by molar-refractivity contribution is -0.158. The van der Waals surface area contributed by atoms with E-state index in [1.54, 1.807) is 6.07 Å². The van der Waals surface area contributed by atoms with Crippen LogP contribution in [0.5, 0.6) is 5.75 Å². The molecule has 1 aromatic carbocycles. The fraction of sp³-hybridized carbons (Fsp3) is 0.167. The smallest absolute Gasteiger partial charge is 0.352 e. The third-order valence-electron chi connectivity index (χ3n) is 1.79. The van der Waals surface area contributed by atoms with Crippen LogP contribution in [0.25, 0.3) is 0 Å². The minimum atomic E-state index is -0.825. The molecule has 7 heteroatoms. The first-order valence-electron chi connectivity index (χ1n) is 4.88. The van der Waals surface area contributed by atoms with Crippen molar-refractivity contribution in [2.45, 2.75) is 6.92 Å². The van der Waals surface area contributed by atoms with Crippen LogP contribution >= 0.6 is 23.2 Å². The highest BCUT2D eigenvalue weighted by Crippen LogP contribution is 2.27. The lowest BCUT2D eigenvalue weighted by Gasteiger charge is -2.07. The van der Waals surface area contributed by atoms with Gasteiger partial charge in [-0.3, -0.25) is 0 Å². The molecule has 100 valence electrons. The molecule has 19 heavy (non-hydrogen) atoms. The van der Waals surface area contributed by atoms with Gasteiger partial charge in [-0.2, -0.15) is 0 Å². The predicted molar refractivity (Wildman–Crippen MR) is 76.4 cm³/mol.